The van der Waals surface area contributed by atoms with Crippen LogP contribution in [0.15, 0.2) is 27.4 Å². The highest BCUT2D eigenvalue weighted by Crippen LogP contribution is 2.46. The molecule has 0 saturated carbocycles. The molecule has 0 bridgehead atoms. The highest BCUT2D eigenvalue weighted by molar-refractivity contribution is 8.01. The number of carbonyl (C=O) groups excluding carboxylic acids is 1. The monoisotopic (exact) mass is 378 g/mol. The van der Waals surface area contributed by atoms with Crippen LogP contribution in [0.4, 0.5) is 5.88 Å². The SMILES string of the molecule is CC(=O)Oc1ccc2oc(N)c(C3NC(C(=O)O)C(C)(C)S3)c(=O)c2c1. The van der Waals surface area contributed by atoms with E-state index in [-0.39, 0.29) is 28.2 Å². The van der Waals surface area contributed by atoms with Crippen LogP contribution in [-0.4, -0.2) is 27.8 Å². The molecule has 9 heteroatoms. The van der Waals surface area contributed by atoms with Gasteiger partial charge in [0.1, 0.15) is 17.4 Å². The molecular formula is C17H18N2O6S. The van der Waals surface area contributed by atoms with Crippen LogP contribution in [0, 0.1) is 0 Å². The number of carboxylic acid groups (broad SMARTS) is 1. The van der Waals surface area contributed by atoms with Crippen LogP contribution in [0.25, 0.3) is 11.0 Å². The van der Waals surface area contributed by atoms with Gasteiger partial charge in [-0.1, -0.05) is 0 Å². The van der Waals surface area contributed by atoms with Crippen LogP contribution in [0.2, 0.25) is 0 Å². The van der Waals surface area contributed by atoms with Gasteiger partial charge in [-0.15, -0.1) is 11.8 Å². The predicted molar refractivity (Wildman–Crippen MR) is 97.2 cm³/mol. The maximum absolute atomic E-state index is 13.0. The minimum atomic E-state index is -1.01. The molecule has 0 radical (unpaired) electrons. The summed E-state index contributed by atoms with van der Waals surface area (Å²) in [5.41, 5.74) is 5.95. The molecule has 8 nitrogen and oxygen atoms in total. The van der Waals surface area contributed by atoms with Crippen molar-refractivity contribution in [3.05, 3.63) is 34.0 Å². The van der Waals surface area contributed by atoms with Crippen LogP contribution in [0.3, 0.4) is 0 Å². The molecule has 0 amide bonds. The third-order valence-electron chi connectivity index (χ3n) is 4.13. The molecular weight excluding hydrogens is 360 g/mol. The number of carbonyl (C=O) groups is 2. The lowest BCUT2D eigenvalue weighted by molar-refractivity contribution is -0.140. The highest BCUT2D eigenvalue weighted by atomic mass is 32.2. The van der Waals surface area contributed by atoms with Gasteiger partial charge >= 0.3 is 11.9 Å². The minimum absolute atomic E-state index is 0.0745. The van der Waals surface area contributed by atoms with Crippen LogP contribution in [0.1, 0.15) is 31.7 Å². The third-order valence-corrected chi connectivity index (χ3v) is 5.58. The molecule has 2 aromatic rings. The number of thioether (sulfide) groups is 1. The maximum Gasteiger partial charge on any atom is 0.322 e. The maximum atomic E-state index is 13.0. The largest absolute Gasteiger partial charge is 0.480 e. The van der Waals surface area contributed by atoms with Gasteiger partial charge in [0.15, 0.2) is 0 Å². The van der Waals surface area contributed by atoms with E-state index in [1.165, 1.54) is 36.9 Å². The highest BCUT2D eigenvalue weighted by Gasteiger charge is 2.47. The zero-order valence-corrected chi connectivity index (χ0v) is 15.2. The second-order valence-corrected chi connectivity index (χ2v) is 8.26. The summed E-state index contributed by atoms with van der Waals surface area (Å²) in [4.78, 5) is 35.6. The molecule has 1 aromatic heterocycles. The van der Waals surface area contributed by atoms with E-state index in [0.29, 0.717) is 0 Å². The Morgan fingerprint density at radius 3 is 2.65 bits per heavy atom. The smallest absolute Gasteiger partial charge is 0.322 e. The first kappa shape index (κ1) is 18.3. The van der Waals surface area contributed by atoms with E-state index in [1.54, 1.807) is 13.8 Å². The number of ether oxygens (including phenoxy) is 1. The predicted octanol–water partition coefficient (Wildman–Crippen LogP) is 1.87. The summed E-state index contributed by atoms with van der Waals surface area (Å²) >= 11 is 1.29. The standard InChI is InChI=1S/C17H18N2O6S/c1-7(20)24-8-4-5-10-9(6-8)12(21)11(14(18)25-10)15-19-13(16(22)23)17(2,3)26-15/h4-6,13,15,19H,18H2,1-3H3,(H,22,23). The molecule has 2 unspecified atom stereocenters. The summed E-state index contributed by atoms with van der Waals surface area (Å²) in [6, 6.07) is 3.55. The second kappa shape index (κ2) is 6.33. The van der Waals surface area contributed by atoms with Gasteiger partial charge in [-0.2, -0.15) is 0 Å². The van der Waals surface area contributed by atoms with E-state index in [9.17, 15) is 19.5 Å². The van der Waals surface area contributed by atoms with E-state index >= 15 is 0 Å². The van der Waals surface area contributed by atoms with Crippen LogP contribution >= 0.6 is 11.8 Å². The molecule has 2 heterocycles. The number of nitrogen functional groups attached to an aromatic ring is 1. The van der Waals surface area contributed by atoms with Crippen molar-refractivity contribution in [3.8, 4) is 5.75 Å². The van der Waals surface area contributed by atoms with Crippen molar-refractivity contribution in [2.45, 2.75) is 36.9 Å². The van der Waals surface area contributed by atoms with Crippen molar-refractivity contribution in [1.29, 1.82) is 0 Å². The minimum Gasteiger partial charge on any atom is -0.480 e. The number of carboxylic acids is 1. The molecule has 0 spiro atoms. The van der Waals surface area contributed by atoms with Crippen LogP contribution in [0.5, 0.6) is 5.75 Å². The normalized spacial score (nSPS) is 21.7. The molecule has 4 N–H and O–H groups in total. The van der Waals surface area contributed by atoms with Crippen molar-refractivity contribution in [1.82, 2.24) is 5.32 Å². The van der Waals surface area contributed by atoms with Crippen LogP contribution < -0.4 is 21.2 Å². The molecule has 138 valence electrons. The summed E-state index contributed by atoms with van der Waals surface area (Å²) < 4.78 is 9.90. The van der Waals surface area contributed by atoms with Crippen molar-refractivity contribution in [2.24, 2.45) is 0 Å². The summed E-state index contributed by atoms with van der Waals surface area (Å²) in [5, 5.41) is 11.9. The van der Waals surface area contributed by atoms with Crippen molar-refractivity contribution >= 4 is 40.6 Å². The molecule has 1 aromatic carbocycles. The Hall–Kier alpha value is -2.52. The second-order valence-electron chi connectivity index (χ2n) is 6.50. The number of hydrogen-bond donors (Lipinski definition) is 3. The summed E-state index contributed by atoms with van der Waals surface area (Å²) in [6.07, 6.45) is 0. The first-order chi connectivity index (χ1) is 12.1. The Morgan fingerprint density at radius 1 is 1.38 bits per heavy atom. The van der Waals surface area contributed by atoms with Gasteiger partial charge in [-0.05, 0) is 32.0 Å². The summed E-state index contributed by atoms with van der Waals surface area (Å²) in [6.45, 7) is 4.82. The molecule has 3 rings (SSSR count). The average molecular weight is 378 g/mol. The number of aliphatic carboxylic acids is 1. The number of anilines is 1. The van der Waals surface area contributed by atoms with E-state index in [1.807, 2.05) is 0 Å². The van der Waals surface area contributed by atoms with E-state index in [0.717, 1.165) is 0 Å². The van der Waals surface area contributed by atoms with E-state index < -0.39 is 33.5 Å². The zero-order chi connectivity index (χ0) is 19.2. The van der Waals surface area contributed by atoms with E-state index in [4.69, 9.17) is 14.9 Å². The van der Waals surface area contributed by atoms with E-state index in [2.05, 4.69) is 5.32 Å². The lowest BCUT2D eigenvalue weighted by atomic mass is 10.0. The number of esters is 1. The molecule has 0 aliphatic carbocycles. The fourth-order valence-electron chi connectivity index (χ4n) is 2.95. The Bertz CT molecular complexity index is 968. The van der Waals surface area contributed by atoms with Crippen molar-refractivity contribution < 1.29 is 23.8 Å². The van der Waals surface area contributed by atoms with Crippen LogP contribution in [-0.2, 0) is 9.59 Å². The van der Waals surface area contributed by atoms with Gasteiger partial charge < -0.3 is 20.0 Å². The Kier molecular flexibility index (Phi) is 4.45. The number of rotatable bonds is 3. The first-order valence-corrected chi connectivity index (χ1v) is 8.69. The fraction of sp³-hybridized carbons (Fsp3) is 0.353. The number of nitrogens with one attached hydrogen (secondary N) is 1. The number of benzene rings is 1. The first-order valence-electron chi connectivity index (χ1n) is 7.81. The van der Waals surface area contributed by atoms with Gasteiger partial charge in [-0.25, -0.2) is 0 Å². The number of hydrogen-bond acceptors (Lipinski definition) is 8. The van der Waals surface area contributed by atoms with Gasteiger partial charge in [-0.3, -0.25) is 19.7 Å². The lowest BCUT2D eigenvalue weighted by Gasteiger charge is -2.20. The number of fused-ring (bicyclic) bond motifs is 1. The summed E-state index contributed by atoms with van der Waals surface area (Å²) in [5.74, 6) is -1.38. The van der Waals surface area contributed by atoms with Gasteiger partial charge in [0.2, 0.25) is 11.3 Å². The lowest BCUT2D eigenvalue weighted by Crippen LogP contribution is -2.44. The van der Waals surface area contributed by atoms with Gasteiger partial charge in [0, 0.05) is 11.7 Å². The Morgan fingerprint density at radius 2 is 2.08 bits per heavy atom. The Balaban J connectivity index is 2.10. The quantitative estimate of drug-likeness (QED) is 0.541. The van der Waals surface area contributed by atoms with Gasteiger partial charge in [0.05, 0.1) is 16.3 Å². The van der Waals surface area contributed by atoms with Gasteiger partial charge in [0.25, 0.3) is 0 Å². The topological polar surface area (TPSA) is 132 Å². The average Bonchev–Trinajstić information content (AvgIpc) is 2.83. The fourth-order valence-corrected chi connectivity index (χ4v) is 4.41. The Labute approximate surface area is 152 Å². The number of nitrogens with two attached hydrogens (primary N) is 1. The van der Waals surface area contributed by atoms with Crippen molar-refractivity contribution in [2.75, 3.05) is 5.73 Å². The molecule has 1 saturated heterocycles. The molecule has 2 atom stereocenters. The molecule has 26 heavy (non-hydrogen) atoms. The molecule has 1 fully saturated rings. The zero-order valence-electron chi connectivity index (χ0n) is 14.4. The summed E-state index contributed by atoms with van der Waals surface area (Å²) in [7, 11) is 0. The third kappa shape index (κ3) is 3.15. The van der Waals surface area contributed by atoms with Crippen molar-refractivity contribution in [3.63, 3.8) is 0 Å². The molecule has 1 aliphatic heterocycles. The molecule has 1 aliphatic rings.